The van der Waals surface area contributed by atoms with Crippen LogP contribution in [0.3, 0.4) is 0 Å². The van der Waals surface area contributed by atoms with Crippen molar-refractivity contribution in [3.63, 3.8) is 0 Å². The summed E-state index contributed by atoms with van der Waals surface area (Å²) in [5.74, 6) is 8.20. The molecule has 2 atom stereocenters. The summed E-state index contributed by atoms with van der Waals surface area (Å²) in [6.45, 7) is 4.00. The third-order valence-electron chi connectivity index (χ3n) is 8.52. The number of fused-ring (bicyclic) bond motifs is 2. The van der Waals surface area contributed by atoms with Gasteiger partial charge in [-0.15, -0.1) is 11.3 Å². The van der Waals surface area contributed by atoms with Gasteiger partial charge >= 0.3 is 6.09 Å². The molecule has 4 aromatic rings. The Balaban J connectivity index is 1.00. The van der Waals surface area contributed by atoms with Crippen molar-refractivity contribution < 1.29 is 14.3 Å². The van der Waals surface area contributed by atoms with Gasteiger partial charge in [0.25, 0.3) is 0 Å². The van der Waals surface area contributed by atoms with Crippen LogP contribution in [0.25, 0.3) is 21.1 Å². The molecule has 10 heteroatoms. The van der Waals surface area contributed by atoms with E-state index < -0.39 is 0 Å². The lowest BCUT2D eigenvalue weighted by Crippen LogP contribution is -2.42. The maximum Gasteiger partial charge on any atom is 0.410 e. The van der Waals surface area contributed by atoms with E-state index in [1.54, 1.807) is 22.6 Å². The number of ether oxygens (including phenoxy) is 2. The first-order valence-electron chi connectivity index (χ1n) is 15.1. The van der Waals surface area contributed by atoms with Crippen LogP contribution in [0.2, 0.25) is 0 Å². The Bertz CT molecular complexity index is 1630. The lowest BCUT2D eigenvalue weighted by atomic mass is 9.89. The Labute approximate surface area is 249 Å². The average Bonchev–Trinajstić information content (AvgIpc) is 3.76. The van der Waals surface area contributed by atoms with Crippen LogP contribution in [0.5, 0.6) is 0 Å². The van der Waals surface area contributed by atoms with Crippen LogP contribution in [0.1, 0.15) is 43.4 Å². The molecule has 1 aromatic carbocycles. The van der Waals surface area contributed by atoms with Gasteiger partial charge < -0.3 is 24.3 Å². The molecule has 0 spiro atoms. The highest BCUT2D eigenvalue weighted by molar-refractivity contribution is 7.20. The lowest BCUT2D eigenvalue weighted by Gasteiger charge is -2.27. The van der Waals surface area contributed by atoms with Crippen LogP contribution in [-0.2, 0) is 16.0 Å². The molecule has 9 nitrogen and oxygen atoms in total. The summed E-state index contributed by atoms with van der Waals surface area (Å²) in [5.41, 5.74) is 3.16. The molecule has 0 bridgehead atoms. The first-order valence-corrected chi connectivity index (χ1v) is 15.9. The first-order chi connectivity index (χ1) is 20.7. The second-order valence-electron chi connectivity index (χ2n) is 11.5. The molecule has 42 heavy (non-hydrogen) atoms. The molecule has 1 saturated carbocycles. The molecule has 2 unspecified atom stereocenters. The van der Waals surface area contributed by atoms with Crippen molar-refractivity contribution >= 4 is 50.1 Å². The van der Waals surface area contributed by atoms with E-state index >= 15 is 0 Å². The maximum atomic E-state index is 12.4. The van der Waals surface area contributed by atoms with Gasteiger partial charge in [-0.05, 0) is 49.1 Å². The fraction of sp³-hybridized carbons (Fsp3) is 0.469. The van der Waals surface area contributed by atoms with Crippen molar-refractivity contribution in [3.05, 3.63) is 47.7 Å². The van der Waals surface area contributed by atoms with Crippen LogP contribution in [0, 0.1) is 17.8 Å². The van der Waals surface area contributed by atoms with E-state index in [4.69, 9.17) is 9.47 Å². The predicted molar refractivity (Wildman–Crippen MR) is 165 cm³/mol. The SMILES string of the molecule is O=C(OC1CNC(C#Cc2cc3ncnc(Nc4ccc5c(ccn5CC5CCCCC5)c4)c3s2)C1)N1CCOCC1. The number of morpholine rings is 1. The Morgan fingerprint density at radius 2 is 2.02 bits per heavy atom. The summed E-state index contributed by atoms with van der Waals surface area (Å²) >= 11 is 1.59. The topological polar surface area (TPSA) is 93.5 Å². The van der Waals surface area contributed by atoms with Crippen molar-refractivity contribution in [3.8, 4) is 11.8 Å². The Kier molecular flexibility index (Phi) is 7.96. The van der Waals surface area contributed by atoms with Crippen LogP contribution >= 0.6 is 11.3 Å². The standard InChI is InChI=1S/C32H36N6O3S/c39-32(37-12-14-40-15-13-37)41-26-17-24(33-19-26)6-8-27-18-28-30(42-27)31(35-21-34-28)36-25-7-9-29-23(16-25)10-11-38(29)20-22-4-2-1-3-5-22/h7,9-11,16,18,21-22,24,26,33H,1-5,12-15,17,19-20H2,(H,34,35,36). The molecular weight excluding hydrogens is 548 g/mol. The van der Waals surface area contributed by atoms with Gasteiger partial charge in [0.05, 0.1) is 34.3 Å². The molecule has 218 valence electrons. The number of benzene rings is 1. The van der Waals surface area contributed by atoms with E-state index in [0.29, 0.717) is 39.3 Å². The third kappa shape index (κ3) is 6.09. The number of carbonyl (C=O) groups excluding carboxylic acids is 1. The molecule has 3 aliphatic rings. The normalized spacial score (nSPS) is 21.4. The number of nitrogens with one attached hydrogen (secondary N) is 2. The molecule has 1 aliphatic carbocycles. The van der Waals surface area contributed by atoms with Crippen LogP contribution < -0.4 is 10.6 Å². The summed E-state index contributed by atoms with van der Waals surface area (Å²) in [5, 5.41) is 8.12. The number of hydrogen-bond donors (Lipinski definition) is 2. The molecule has 2 aliphatic heterocycles. The van der Waals surface area contributed by atoms with Gasteiger partial charge in [0.15, 0.2) is 5.82 Å². The summed E-state index contributed by atoms with van der Waals surface area (Å²) in [6.07, 6.45) is 10.9. The predicted octanol–water partition coefficient (Wildman–Crippen LogP) is 5.52. The first kappa shape index (κ1) is 27.2. The molecule has 7 rings (SSSR count). The summed E-state index contributed by atoms with van der Waals surface area (Å²) < 4.78 is 14.4. The number of hydrogen-bond acceptors (Lipinski definition) is 8. The zero-order chi connectivity index (χ0) is 28.3. The summed E-state index contributed by atoms with van der Waals surface area (Å²) in [4.78, 5) is 24.1. The van der Waals surface area contributed by atoms with Crippen LogP contribution in [0.15, 0.2) is 42.9 Å². The second-order valence-corrected chi connectivity index (χ2v) is 12.5. The second kappa shape index (κ2) is 12.3. The molecule has 1 amide bonds. The maximum absolute atomic E-state index is 12.4. The number of nitrogens with zero attached hydrogens (tertiary/aromatic N) is 4. The van der Waals surface area contributed by atoms with Gasteiger partial charge in [0.2, 0.25) is 0 Å². The monoisotopic (exact) mass is 584 g/mol. The minimum Gasteiger partial charge on any atom is -0.445 e. The molecule has 3 aromatic heterocycles. The molecule has 5 heterocycles. The highest BCUT2D eigenvalue weighted by Gasteiger charge is 2.28. The lowest BCUT2D eigenvalue weighted by molar-refractivity contribution is 0.0156. The van der Waals surface area contributed by atoms with Crippen molar-refractivity contribution in [2.75, 3.05) is 38.2 Å². The molecule has 2 saturated heterocycles. The molecule has 2 N–H and O–H groups in total. The van der Waals surface area contributed by atoms with Crippen LogP contribution in [0.4, 0.5) is 16.3 Å². The smallest absolute Gasteiger partial charge is 0.410 e. The Morgan fingerprint density at radius 3 is 2.90 bits per heavy atom. The van der Waals surface area contributed by atoms with Crippen molar-refractivity contribution in [1.82, 2.24) is 24.8 Å². The largest absolute Gasteiger partial charge is 0.445 e. The van der Waals surface area contributed by atoms with E-state index in [2.05, 4.69) is 67.5 Å². The van der Waals surface area contributed by atoms with Crippen molar-refractivity contribution in [2.45, 2.75) is 57.2 Å². The van der Waals surface area contributed by atoms with E-state index in [1.807, 2.05) is 6.07 Å². The fourth-order valence-electron chi connectivity index (χ4n) is 6.25. The Hall–Kier alpha value is -3.65. The zero-order valence-corrected chi connectivity index (χ0v) is 24.5. The van der Waals surface area contributed by atoms with Gasteiger partial charge in [0, 0.05) is 55.4 Å². The van der Waals surface area contributed by atoms with Gasteiger partial charge in [-0.1, -0.05) is 31.1 Å². The number of rotatable bonds is 5. The van der Waals surface area contributed by atoms with Crippen molar-refractivity contribution in [1.29, 1.82) is 0 Å². The number of aromatic nitrogens is 3. The quantitative estimate of drug-likeness (QED) is 0.299. The number of amides is 1. The third-order valence-corrected chi connectivity index (χ3v) is 9.57. The fourth-order valence-corrected chi connectivity index (χ4v) is 7.17. The number of anilines is 2. The van der Waals surface area contributed by atoms with E-state index in [-0.39, 0.29) is 18.2 Å². The van der Waals surface area contributed by atoms with Gasteiger partial charge in [-0.2, -0.15) is 0 Å². The summed E-state index contributed by atoms with van der Waals surface area (Å²) in [6, 6.07) is 10.7. The van der Waals surface area contributed by atoms with Gasteiger partial charge in [-0.25, -0.2) is 14.8 Å². The minimum absolute atomic E-state index is 0.0291. The Morgan fingerprint density at radius 1 is 1.14 bits per heavy atom. The molecule has 3 fully saturated rings. The summed E-state index contributed by atoms with van der Waals surface area (Å²) in [7, 11) is 0. The average molecular weight is 585 g/mol. The molecular formula is C32H36N6O3S. The van der Waals surface area contributed by atoms with Crippen LogP contribution in [-0.4, -0.2) is 70.5 Å². The highest BCUT2D eigenvalue weighted by atomic mass is 32.1. The zero-order valence-electron chi connectivity index (χ0n) is 23.7. The van der Waals surface area contributed by atoms with Gasteiger partial charge in [0.1, 0.15) is 12.4 Å². The number of carbonyl (C=O) groups is 1. The van der Waals surface area contributed by atoms with Gasteiger partial charge in [-0.3, -0.25) is 5.32 Å². The highest BCUT2D eigenvalue weighted by Crippen LogP contribution is 2.32. The minimum atomic E-state index is -0.266. The van der Waals surface area contributed by atoms with E-state index in [0.717, 1.165) is 39.1 Å². The van der Waals surface area contributed by atoms with Crippen molar-refractivity contribution in [2.24, 2.45) is 5.92 Å². The van der Waals surface area contributed by atoms with E-state index in [1.165, 1.54) is 43.0 Å². The number of thiophene rings is 1. The molecule has 0 radical (unpaired) electrons. The van der Waals surface area contributed by atoms with E-state index in [9.17, 15) is 4.79 Å².